The fourth-order valence-corrected chi connectivity index (χ4v) is 2.78. The number of ether oxygens (including phenoxy) is 2. The molecule has 0 bridgehead atoms. The molecular formula is C17H22O11. The number of aromatic hydroxyl groups is 1. The van der Waals surface area contributed by atoms with Crippen molar-refractivity contribution in [2.45, 2.75) is 56.1 Å². The Balaban J connectivity index is 2.11. The van der Waals surface area contributed by atoms with Gasteiger partial charge < -0.3 is 45.2 Å². The van der Waals surface area contributed by atoms with Crippen LogP contribution in [0.2, 0.25) is 0 Å². The number of phenols is 1. The third-order valence-electron chi connectivity index (χ3n) is 4.18. The van der Waals surface area contributed by atoms with Gasteiger partial charge >= 0.3 is 11.9 Å². The van der Waals surface area contributed by atoms with E-state index in [4.69, 9.17) is 19.7 Å². The molecule has 7 N–H and O–H groups in total. The van der Waals surface area contributed by atoms with Crippen LogP contribution in [0.3, 0.4) is 0 Å². The summed E-state index contributed by atoms with van der Waals surface area (Å²) in [5.74, 6) is -2.95. The maximum Gasteiger partial charge on any atom is 0.335 e. The number of hydrogen-bond donors (Lipinski definition) is 7. The van der Waals surface area contributed by atoms with Crippen molar-refractivity contribution in [2.75, 3.05) is 0 Å². The highest BCUT2D eigenvalue weighted by atomic mass is 16.7. The van der Waals surface area contributed by atoms with Crippen molar-refractivity contribution >= 4 is 11.9 Å². The van der Waals surface area contributed by atoms with E-state index in [1.54, 1.807) is 0 Å². The zero-order valence-corrected chi connectivity index (χ0v) is 14.6. The van der Waals surface area contributed by atoms with Crippen LogP contribution in [0.15, 0.2) is 18.2 Å². The Hall–Kier alpha value is -2.44. The minimum absolute atomic E-state index is 0.00397. The van der Waals surface area contributed by atoms with Crippen LogP contribution < -0.4 is 4.74 Å². The fraction of sp³-hybridized carbons (Fsp3) is 0.529. The van der Waals surface area contributed by atoms with Crippen LogP contribution in [-0.4, -0.2) is 84.5 Å². The molecule has 0 aromatic heterocycles. The number of carboxylic acids is 2. The number of aliphatic carboxylic acids is 2. The van der Waals surface area contributed by atoms with Gasteiger partial charge in [0.2, 0.25) is 6.29 Å². The van der Waals surface area contributed by atoms with E-state index in [9.17, 15) is 35.1 Å². The van der Waals surface area contributed by atoms with Gasteiger partial charge in [0.05, 0.1) is 6.10 Å². The van der Waals surface area contributed by atoms with E-state index in [-0.39, 0.29) is 30.8 Å². The Morgan fingerprint density at radius 1 is 1.07 bits per heavy atom. The third-order valence-corrected chi connectivity index (χ3v) is 4.18. The largest absolute Gasteiger partial charge is 0.508 e. The van der Waals surface area contributed by atoms with E-state index in [0.717, 1.165) is 6.07 Å². The molecular weight excluding hydrogens is 380 g/mol. The molecule has 1 aromatic carbocycles. The van der Waals surface area contributed by atoms with Crippen LogP contribution >= 0.6 is 0 Å². The van der Waals surface area contributed by atoms with E-state index < -0.39 is 48.7 Å². The van der Waals surface area contributed by atoms with Crippen LogP contribution in [0.25, 0.3) is 0 Å². The Kier molecular flexibility index (Phi) is 7.16. The van der Waals surface area contributed by atoms with Crippen LogP contribution in [-0.2, 0) is 20.7 Å². The van der Waals surface area contributed by atoms with Gasteiger partial charge in [-0.15, -0.1) is 0 Å². The van der Waals surface area contributed by atoms with E-state index >= 15 is 0 Å². The minimum Gasteiger partial charge on any atom is -0.508 e. The Labute approximate surface area is 159 Å². The minimum atomic E-state index is -1.86. The summed E-state index contributed by atoms with van der Waals surface area (Å²) in [5.41, 5.74) is 0.383. The highest BCUT2D eigenvalue weighted by molar-refractivity contribution is 5.73. The number of aliphatic hydroxyl groups excluding tert-OH is 4. The van der Waals surface area contributed by atoms with Crippen molar-refractivity contribution in [2.24, 2.45) is 0 Å². The van der Waals surface area contributed by atoms with Gasteiger partial charge in [0, 0.05) is 12.5 Å². The monoisotopic (exact) mass is 402 g/mol. The molecule has 28 heavy (non-hydrogen) atoms. The van der Waals surface area contributed by atoms with Gasteiger partial charge in [-0.05, 0) is 30.5 Å². The van der Waals surface area contributed by atoms with Gasteiger partial charge in [0.15, 0.2) is 6.10 Å². The molecule has 11 heteroatoms. The summed E-state index contributed by atoms with van der Waals surface area (Å²) in [6.07, 6.45) is -10.2. The molecule has 3 unspecified atom stereocenters. The average molecular weight is 402 g/mol. The summed E-state index contributed by atoms with van der Waals surface area (Å²) in [6, 6.07) is 3.82. The molecule has 0 radical (unpaired) electrons. The molecule has 156 valence electrons. The van der Waals surface area contributed by atoms with Gasteiger partial charge in [-0.1, -0.05) is 0 Å². The molecule has 6 atom stereocenters. The molecule has 1 fully saturated rings. The zero-order valence-electron chi connectivity index (χ0n) is 14.6. The number of carbonyl (C=O) groups is 2. The lowest BCUT2D eigenvalue weighted by Gasteiger charge is -2.38. The molecule has 0 saturated carbocycles. The first-order chi connectivity index (χ1) is 13.1. The molecule has 0 amide bonds. The first kappa shape index (κ1) is 21.9. The number of phenolic OH excluding ortho intramolecular Hbond substituents is 1. The second-order valence-corrected chi connectivity index (χ2v) is 6.48. The van der Waals surface area contributed by atoms with Crippen molar-refractivity contribution in [3.8, 4) is 11.5 Å². The predicted molar refractivity (Wildman–Crippen MR) is 89.6 cm³/mol. The quantitative estimate of drug-likeness (QED) is 0.265. The van der Waals surface area contributed by atoms with Gasteiger partial charge in [0.1, 0.15) is 29.8 Å². The van der Waals surface area contributed by atoms with Crippen molar-refractivity contribution < 1.29 is 54.8 Å². The van der Waals surface area contributed by atoms with Gasteiger partial charge in [0.25, 0.3) is 0 Å². The highest BCUT2D eigenvalue weighted by Crippen LogP contribution is 2.28. The van der Waals surface area contributed by atoms with Crippen molar-refractivity contribution in [3.05, 3.63) is 23.8 Å². The van der Waals surface area contributed by atoms with E-state index in [2.05, 4.69) is 0 Å². The molecule has 1 heterocycles. The summed E-state index contributed by atoms with van der Waals surface area (Å²) < 4.78 is 10.3. The Bertz CT molecular complexity index is 706. The number of hydrogen-bond acceptors (Lipinski definition) is 9. The molecule has 1 aliphatic rings. The fourth-order valence-electron chi connectivity index (χ4n) is 2.78. The molecule has 1 aromatic rings. The maximum absolute atomic E-state index is 11.1. The molecule has 1 aliphatic heterocycles. The van der Waals surface area contributed by atoms with Crippen molar-refractivity contribution in [1.82, 2.24) is 0 Å². The normalized spacial score (nSPS) is 28.5. The number of benzene rings is 1. The van der Waals surface area contributed by atoms with Crippen molar-refractivity contribution in [3.63, 3.8) is 0 Å². The van der Waals surface area contributed by atoms with Crippen LogP contribution in [0.5, 0.6) is 11.5 Å². The summed E-state index contributed by atoms with van der Waals surface area (Å²) in [6.45, 7) is 0. The number of aliphatic hydroxyl groups is 4. The lowest BCUT2D eigenvalue weighted by molar-refractivity contribution is -0.271. The average Bonchev–Trinajstić information content (AvgIpc) is 2.59. The summed E-state index contributed by atoms with van der Waals surface area (Å²) in [7, 11) is 0. The summed E-state index contributed by atoms with van der Waals surface area (Å²) >= 11 is 0. The van der Waals surface area contributed by atoms with Gasteiger partial charge in [-0.25, -0.2) is 4.79 Å². The first-order valence-corrected chi connectivity index (χ1v) is 8.40. The van der Waals surface area contributed by atoms with Crippen LogP contribution in [0.4, 0.5) is 0 Å². The Morgan fingerprint density at radius 2 is 1.75 bits per heavy atom. The molecule has 0 aliphatic carbocycles. The summed E-state index contributed by atoms with van der Waals surface area (Å²) in [5, 5.41) is 66.8. The number of carboxylic acid groups (broad SMARTS) is 2. The lowest BCUT2D eigenvalue weighted by Crippen LogP contribution is -2.61. The van der Waals surface area contributed by atoms with Gasteiger partial charge in [-0.3, -0.25) is 4.79 Å². The molecule has 1 saturated heterocycles. The Morgan fingerprint density at radius 3 is 2.36 bits per heavy atom. The smallest absolute Gasteiger partial charge is 0.335 e. The standard InChI is InChI=1S/C17H22O11/c18-8(1-2-11(20)21)3-7-4-9(19)6-10(5-7)27-17-14(24)12(22)13(23)15(28-17)16(25)26/h4-6,8,12-15,17-19,22-24H,1-3H2,(H,20,21)(H,25,26)/t8?,12-,13?,14?,15-,17+/m0/s1. The first-order valence-electron chi connectivity index (χ1n) is 8.40. The second-order valence-electron chi connectivity index (χ2n) is 6.48. The molecule has 0 spiro atoms. The second kappa shape index (κ2) is 9.17. The van der Waals surface area contributed by atoms with Gasteiger partial charge in [-0.2, -0.15) is 0 Å². The summed E-state index contributed by atoms with van der Waals surface area (Å²) in [4.78, 5) is 21.7. The molecule has 11 nitrogen and oxygen atoms in total. The van der Waals surface area contributed by atoms with Crippen LogP contribution in [0.1, 0.15) is 18.4 Å². The lowest BCUT2D eigenvalue weighted by atomic mass is 9.99. The van der Waals surface area contributed by atoms with E-state index in [0.29, 0.717) is 5.56 Å². The maximum atomic E-state index is 11.1. The third kappa shape index (κ3) is 5.53. The van der Waals surface area contributed by atoms with E-state index in [1.165, 1.54) is 12.1 Å². The SMILES string of the molecule is O=C(O)CCC(O)Cc1cc(O)cc(O[C@@H]2O[C@H](C(=O)O)C(O)[C@H](O)C2O)c1. The highest BCUT2D eigenvalue weighted by Gasteiger charge is 2.48. The predicted octanol–water partition coefficient (Wildman–Crippen LogP) is -1.57. The topological polar surface area (TPSA) is 194 Å². The number of rotatable bonds is 8. The zero-order chi connectivity index (χ0) is 21.0. The van der Waals surface area contributed by atoms with Crippen LogP contribution in [0, 0.1) is 0 Å². The van der Waals surface area contributed by atoms with Crippen molar-refractivity contribution in [1.29, 1.82) is 0 Å². The molecule has 2 rings (SSSR count). The van der Waals surface area contributed by atoms with E-state index in [1.807, 2.05) is 0 Å².